The van der Waals surface area contributed by atoms with Crippen LogP contribution in [0.4, 0.5) is 11.4 Å². The standard InChI is InChI=1S/C24H27N3S/c1-19-9-11-21(12-10-19)26-17-15-25(16-18-26)13-4-14-27-22-7-2-5-20-6-3-8-23(28-27)24(20)22/h2-3,5-12H,4,13-18H2,1H3. The molecule has 3 aromatic carbocycles. The second-order valence-electron chi connectivity index (χ2n) is 7.84. The number of benzene rings is 3. The van der Waals surface area contributed by atoms with Crippen LogP contribution in [-0.2, 0) is 0 Å². The van der Waals surface area contributed by atoms with Crippen LogP contribution < -0.4 is 9.21 Å². The molecule has 0 atom stereocenters. The summed E-state index contributed by atoms with van der Waals surface area (Å²) >= 11 is 1.91. The first-order valence-electron chi connectivity index (χ1n) is 10.3. The van der Waals surface area contributed by atoms with Gasteiger partial charge in [-0.2, -0.15) is 0 Å². The van der Waals surface area contributed by atoms with Gasteiger partial charge in [0.1, 0.15) is 0 Å². The molecule has 5 rings (SSSR count). The van der Waals surface area contributed by atoms with Crippen LogP contribution in [0.15, 0.2) is 65.6 Å². The summed E-state index contributed by atoms with van der Waals surface area (Å²) < 4.78 is 2.49. The van der Waals surface area contributed by atoms with E-state index in [-0.39, 0.29) is 0 Å². The molecule has 1 saturated heterocycles. The van der Waals surface area contributed by atoms with Gasteiger partial charge in [0.15, 0.2) is 0 Å². The van der Waals surface area contributed by atoms with E-state index in [0.29, 0.717) is 0 Å². The van der Waals surface area contributed by atoms with E-state index in [1.54, 1.807) is 0 Å². The summed E-state index contributed by atoms with van der Waals surface area (Å²) in [7, 11) is 0. The number of aryl methyl sites for hydroxylation is 1. The number of anilines is 2. The Morgan fingerprint density at radius 3 is 2.36 bits per heavy atom. The highest BCUT2D eigenvalue weighted by molar-refractivity contribution is 8.01. The summed E-state index contributed by atoms with van der Waals surface area (Å²) in [6.07, 6.45) is 1.21. The van der Waals surface area contributed by atoms with Gasteiger partial charge in [0.2, 0.25) is 0 Å². The normalized spacial score (nSPS) is 16.9. The molecule has 2 aliphatic rings. The van der Waals surface area contributed by atoms with E-state index in [1.807, 2.05) is 11.9 Å². The molecule has 0 radical (unpaired) electrons. The largest absolute Gasteiger partial charge is 0.369 e. The van der Waals surface area contributed by atoms with Crippen molar-refractivity contribution >= 4 is 34.1 Å². The van der Waals surface area contributed by atoms with Crippen molar-refractivity contribution in [3.63, 3.8) is 0 Å². The number of hydrogen-bond donors (Lipinski definition) is 0. The van der Waals surface area contributed by atoms with Crippen molar-refractivity contribution in [2.24, 2.45) is 0 Å². The molecule has 2 aliphatic heterocycles. The van der Waals surface area contributed by atoms with E-state index in [4.69, 9.17) is 0 Å². The second kappa shape index (κ2) is 7.69. The van der Waals surface area contributed by atoms with Crippen LogP contribution in [0, 0.1) is 6.92 Å². The molecule has 4 heteroatoms. The van der Waals surface area contributed by atoms with Gasteiger partial charge in [-0.1, -0.05) is 42.0 Å². The maximum Gasteiger partial charge on any atom is 0.0563 e. The van der Waals surface area contributed by atoms with Crippen LogP contribution in [0.2, 0.25) is 0 Å². The Balaban J connectivity index is 1.13. The topological polar surface area (TPSA) is 9.72 Å². The van der Waals surface area contributed by atoms with Crippen LogP contribution in [0.1, 0.15) is 12.0 Å². The van der Waals surface area contributed by atoms with Crippen LogP contribution in [0.25, 0.3) is 10.8 Å². The zero-order valence-corrected chi connectivity index (χ0v) is 17.3. The third kappa shape index (κ3) is 3.47. The molecule has 0 N–H and O–H groups in total. The van der Waals surface area contributed by atoms with E-state index in [0.717, 1.165) is 32.7 Å². The first kappa shape index (κ1) is 17.9. The Bertz CT molecular complexity index is 956. The lowest BCUT2D eigenvalue weighted by molar-refractivity contribution is 0.256. The monoisotopic (exact) mass is 389 g/mol. The van der Waals surface area contributed by atoms with Gasteiger partial charge in [0.05, 0.1) is 5.69 Å². The van der Waals surface area contributed by atoms with Gasteiger partial charge in [-0.25, -0.2) is 0 Å². The van der Waals surface area contributed by atoms with Crippen LogP contribution in [0.5, 0.6) is 0 Å². The van der Waals surface area contributed by atoms with Crippen molar-refractivity contribution in [2.45, 2.75) is 18.2 Å². The molecule has 0 aliphatic carbocycles. The van der Waals surface area contributed by atoms with Crippen LogP contribution >= 0.6 is 11.9 Å². The Kier molecular flexibility index (Phi) is 4.91. The Morgan fingerprint density at radius 2 is 1.57 bits per heavy atom. The number of nitrogens with zero attached hydrogens (tertiary/aromatic N) is 3. The molecule has 0 bridgehead atoms. The van der Waals surface area contributed by atoms with Crippen molar-refractivity contribution < 1.29 is 0 Å². The van der Waals surface area contributed by atoms with E-state index in [9.17, 15) is 0 Å². The van der Waals surface area contributed by atoms with Crippen LogP contribution in [-0.4, -0.2) is 44.2 Å². The third-order valence-corrected chi connectivity index (χ3v) is 7.07. The first-order valence-corrected chi connectivity index (χ1v) is 11.1. The summed E-state index contributed by atoms with van der Waals surface area (Å²) in [4.78, 5) is 6.54. The molecule has 0 unspecified atom stereocenters. The highest BCUT2D eigenvalue weighted by atomic mass is 32.2. The molecule has 28 heavy (non-hydrogen) atoms. The summed E-state index contributed by atoms with van der Waals surface area (Å²) in [6.45, 7) is 9.04. The summed E-state index contributed by atoms with van der Waals surface area (Å²) in [6, 6.07) is 22.3. The van der Waals surface area contributed by atoms with E-state index in [1.165, 1.54) is 45.6 Å². The van der Waals surface area contributed by atoms with E-state index >= 15 is 0 Å². The Morgan fingerprint density at radius 1 is 0.821 bits per heavy atom. The summed E-state index contributed by atoms with van der Waals surface area (Å²) in [5.41, 5.74) is 4.09. The SMILES string of the molecule is Cc1ccc(N2CCN(CCCN3Sc4cccc5cccc3c45)CC2)cc1. The fraction of sp³-hybridized carbons (Fsp3) is 0.333. The maximum atomic E-state index is 2.62. The summed E-state index contributed by atoms with van der Waals surface area (Å²) in [5.74, 6) is 0. The lowest BCUT2D eigenvalue weighted by atomic mass is 10.1. The average Bonchev–Trinajstić information content (AvgIpc) is 3.09. The molecule has 0 saturated carbocycles. The molecule has 3 aromatic rings. The van der Waals surface area contributed by atoms with Gasteiger partial charge in [-0.3, -0.25) is 4.90 Å². The number of piperazine rings is 1. The van der Waals surface area contributed by atoms with Crippen molar-refractivity contribution in [2.75, 3.05) is 48.5 Å². The predicted octanol–water partition coefficient (Wildman–Crippen LogP) is 5.19. The van der Waals surface area contributed by atoms with Gasteiger partial charge in [0, 0.05) is 48.7 Å². The highest BCUT2D eigenvalue weighted by Gasteiger charge is 2.22. The van der Waals surface area contributed by atoms with E-state index < -0.39 is 0 Å². The minimum absolute atomic E-state index is 1.11. The molecule has 2 heterocycles. The highest BCUT2D eigenvalue weighted by Crippen LogP contribution is 2.45. The molecule has 1 fully saturated rings. The third-order valence-electron chi connectivity index (χ3n) is 5.93. The van der Waals surface area contributed by atoms with Crippen molar-refractivity contribution in [3.05, 3.63) is 66.2 Å². The summed E-state index contributed by atoms with van der Waals surface area (Å²) in [5, 5.41) is 2.79. The fourth-order valence-electron chi connectivity index (χ4n) is 4.33. The zero-order chi connectivity index (χ0) is 18.9. The lowest BCUT2D eigenvalue weighted by Gasteiger charge is -2.36. The molecule has 144 valence electrons. The Hall–Kier alpha value is -2.17. The minimum atomic E-state index is 1.11. The smallest absolute Gasteiger partial charge is 0.0563 e. The number of rotatable bonds is 5. The van der Waals surface area contributed by atoms with Gasteiger partial charge < -0.3 is 9.21 Å². The second-order valence-corrected chi connectivity index (χ2v) is 8.91. The van der Waals surface area contributed by atoms with Crippen LogP contribution in [0.3, 0.4) is 0 Å². The average molecular weight is 390 g/mol. The predicted molar refractivity (Wildman–Crippen MR) is 122 cm³/mol. The minimum Gasteiger partial charge on any atom is -0.369 e. The zero-order valence-electron chi connectivity index (χ0n) is 16.5. The molecule has 3 nitrogen and oxygen atoms in total. The Labute approximate surface area is 172 Å². The first-order chi connectivity index (χ1) is 13.8. The molecule has 0 aromatic heterocycles. The van der Waals surface area contributed by atoms with Gasteiger partial charge in [-0.15, -0.1) is 0 Å². The van der Waals surface area contributed by atoms with Crippen molar-refractivity contribution in [3.8, 4) is 0 Å². The number of hydrogen-bond acceptors (Lipinski definition) is 4. The van der Waals surface area contributed by atoms with E-state index in [2.05, 4.69) is 81.7 Å². The molecule has 0 amide bonds. The quantitative estimate of drug-likeness (QED) is 0.556. The fourth-order valence-corrected chi connectivity index (χ4v) is 5.49. The molecular weight excluding hydrogens is 362 g/mol. The van der Waals surface area contributed by atoms with Crippen molar-refractivity contribution in [1.82, 2.24) is 4.90 Å². The van der Waals surface area contributed by atoms with Gasteiger partial charge >= 0.3 is 0 Å². The van der Waals surface area contributed by atoms with Gasteiger partial charge in [-0.05, 0) is 61.5 Å². The van der Waals surface area contributed by atoms with Gasteiger partial charge in [0.25, 0.3) is 0 Å². The van der Waals surface area contributed by atoms with Crippen molar-refractivity contribution in [1.29, 1.82) is 0 Å². The lowest BCUT2D eigenvalue weighted by Crippen LogP contribution is -2.46. The maximum absolute atomic E-state index is 2.62. The molecule has 0 spiro atoms. The molecular formula is C24H27N3S.